The number of carboxylic acid groups (broad SMARTS) is 1. The van der Waals surface area contributed by atoms with E-state index in [1.165, 1.54) is 36.0 Å². The minimum atomic E-state index is -0.879. The first kappa shape index (κ1) is 18.7. The van der Waals surface area contributed by atoms with Gasteiger partial charge in [-0.25, -0.2) is 4.79 Å². The Kier molecular flexibility index (Phi) is 5.19. The van der Waals surface area contributed by atoms with Crippen molar-refractivity contribution in [3.8, 4) is 0 Å². The number of allylic oxidation sites excluding steroid dienone is 5. The average molecular weight is 367 g/mol. The fraction of sp³-hybridized carbons (Fsp3) is 0.348. The lowest BCUT2D eigenvalue weighted by Gasteiger charge is -2.32. The highest BCUT2D eigenvalue weighted by Crippen LogP contribution is 2.40. The van der Waals surface area contributed by atoms with Crippen LogP contribution in [0.4, 0.5) is 0 Å². The topological polar surface area (TPSA) is 37.3 Å². The predicted molar refractivity (Wildman–Crippen MR) is 112 cm³/mol. The van der Waals surface area contributed by atoms with E-state index in [0.29, 0.717) is 5.56 Å². The third kappa shape index (κ3) is 3.99. The highest BCUT2D eigenvalue weighted by atomic mass is 32.1. The number of hydrogen-bond acceptors (Lipinski definition) is 2. The minimum absolute atomic E-state index is 0.254. The van der Waals surface area contributed by atoms with Crippen LogP contribution in [0, 0.1) is 5.41 Å². The van der Waals surface area contributed by atoms with Gasteiger partial charge in [-0.05, 0) is 79.3 Å². The van der Waals surface area contributed by atoms with E-state index in [9.17, 15) is 4.79 Å². The fourth-order valence-corrected chi connectivity index (χ4v) is 4.87. The predicted octanol–water partition coefficient (Wildman–Crippen LogP) is 7.09. The molecule has 0 spiro atoms. The van der Waals surface area contributed by atoms with E-state index in [4.69, 9.17) is 5.11 Å². The van der Waals surface area contributed by atoms with E-state index in [1.54, 1.807) is 23.5 Å². The molecule has 1 aliphatic carbocycles. The number of benzene rings is 1. The van der Waals surface area contributed by atoms with Gasteiger partial charge in [0.05, 0.1) is 5.56 Å². The molecule has 0 saturated carbocycles. The molecule has 0 saturated heterocycles. The van der Waals surface area contributed by atoms with E-state index in [2.05, 4.69) is 52.0 Å². The first-order valence-corrected chi connectivity index (χ1v) is 9.91. The van der Waals surface area contributed by atoms with Gasteiger partial charge in [-0.3, -0.25) is 0 Å². The van der Waals surface area contributed by atoms with Crippen LogP contribution < -0.4 is 0 Å². The van der Waals surface area contributed by atoms with E-state index in [0.717, 1.165) is 15.0 Å². The van der Waals surface area contributed by atoms with E-state index < -0.39 is 5.97 Å². The number of thiophene rings is 1. The Hall–Kier alpha value is -2.13. The zero-order chi connectivity index (χ0) is 18.9. The molecule has 136 valence electrons. The van der Waals surface area contributed by atoms with Gasteiger partial charge >= 0.3 is 5.97 Å². The second kappa shape index (κ2) is 7.24. The smallest absolute Gasteiger partial charge is 0.335 e. The van der Waals surface area contributed by atoms with Crippen molar-refractivity contribution in [3.63, 3.8) is 0 Å². The van der Waals surface area contributed by atoms with Gasteiger partial charge in [-0.1, -0.05) is 37.6 Å². The van der Waals surface area contributed by atoms with Crippen LogP contribution in [0.2, 0.25) is 0 Å². The fourth-order valence-electron chi connectivity index (χ4n) is 3.75. The molecule has 1 aromatic carbocycles. The molecule has 0 atom stereocenters. The summed E-state index contributed by atoms with van der Waals surface area (Å²) >= 11 is 1.63. The molecule has 3 heteroatoms. The maximum absolute atomic E-state index is 11.1. The number of carboxylic acids is 1. The third-order valence-electron chi connectivity index (χ3n) is 5.21. The summed E-state index contributed by atoms with van der Waals surface area (Å²) < 4.78 is 1.01. The van der Waals surface area contributed by atoms with Gasteiger partial charge in [0, 0.05) is 9.58 Å². The zero-order valence-corrected chi connectivity index (χ0v) is 16.7. The Balaban J connectivity index is 1.85. The van der Waals surface area contributed by atoms with Crippen LogP contribution in [-0.2, 0) is 0 Å². The molecule has 0 amide bonds. The molecule has 1 N–H and O–H groups in total. The largest absolute Gasteiger partial charge is 0.478 e. The van der Waals surface area contributed by atoms with Crippen molar-refractivity contribution in [3.05, 3.63) is 63.6 Å². The summed E-state index contributed by atoms with van der Waals surface area (Å²) in [6, 6.07) is 7.43. The first-order valence-electron chi connectivity index (χ1n) is 9.10. The van der Waals surface area contributed by atoms with Crippen molar-refractivity contribution in [2.45, 2.75) is 47.0 Å². The van der Waals surface area contributed by atoms with Crippen LogP contribution >= 0.6 is 11.3 Å². The monoisotopic (exact) mass is 366 g/mol. The number of carbonyl (C=O) groups is 1. The molecule has 1 aliphatic rings. The van der Waals surface area contributed by atoms with Crippen LogP contribution in [0.5, 0.6) is 0 Å². The summed E-state index contributed by atoms with van der Waals surface area (Å²) in [7, 11) is 0. The maximum atomic E-state index is 11.1. The molecular weight excluding hydrogens is 340 g/mol. The standard InChI is InChI=1S/C23H26O2S/c1-15(7-10-20-16(2)6-5-11-23(20,3)4)12-19-13-17-8-9-18(22(24)25)14-21(17)26-19/h7-10,12-14H,5-6,11H2,1-4H3,(H,24,25). The molecule has 1 aromatic heterocycles. The highest BCUT2D eigenvalue weighted by Gasteiger charge is 2.26. The normalized spacial score (nSPS) is 18.1. The lowest BCUT2D eigenvalue weighted by atomic mass is 9.72. The van der Waals surface area contributed by atoms with Crippen molar-refractivity contribution in [2.24, 2.45) is 5.41 Å². The van der Waals surface area contributed by atoms with Gasteiger partial charge in [0.2, 0.25) is 0 Å². The summed E-state index contributed by atoms with van der Waals surface area (Å²) in [5.41, 5.74) is 4.78. The van der Waals surface area contributed by atoms with Crippen LogP contribution in [0.25, 0.3) is 16.2 Å². The molecule has 0 fully saturated rings. The number of aromatic carboxylic acids is 1. The minimum Gasteiger partial charge on any atom is -0.478 e. The van der Waals surface area contributed by atoms with Gasteiger partial charge in [-0.15, -0.1) is 11.3 Å². The molecule has 0 aliphatic heterocycles. The Labute approximate surface area is 159 Å². The Morgan fingerprint density at radius 2 is 2.04 bits per heavy atom. The second-order valence-corrected chi connectivity index (χ2v) is 8.98. The highest BCUT2D eigenvalue weighted by molar-refractivity contribution is 7.19. The maximum Gasteiger partial charge on any atom is 0.335 e. The van der Waals surface area contributed by atoms with Crippen molar-refractivity contribution < 1.29 is 9.90 Å². The number of rotatable bonds is 4. The zero-order valence-electron chi connectivity index (χ0n) is 15.9. The summed E-state index contributed by atoms with van der Waals surface area (Å²) in [5, 5.41) is 10.2. The SMILES string of the molecule is CC(C=CC1=C(C)CCCC1(C)C)=Cc1cc2ccc(C(=O)O)cc2s1. The molecule has 2 nitrogen and oxygen atoms in total. The van der Waals surface area contributed by atoms with Crippen molar-refractivity contribution in [1.29, 1.82) is 0 Å². The van der Waals surface area contributed by atoms with E-state index >= 15 is 0 Å². The molecule has 2 aromatic rings. The molecule has 0 radical (unpaired) electrons. The summed E-state index contributed by atoms with van der Waals surface area (Å²) in [6.07, 6.45) is 10.4. The van der Waals surface area contributed by atoms with Crippen molar-refractivity contribution in [2.75, 3.05) is 0 Å². The molecule has 3 rings (SSSR count). The molecule has 1 heterocycles. The van der Waals surface area contributed by atoms with E-state index in [-0.39, 0.29) is 5.41 Å². The van der Waals surface area contributed by atoms with Gasteiger partial charge in [0.15, 0.2) is 0 Å². The lowest BCUT2D eigenvalue weighted by Crippen LogP contribution is -2.19. The van der Waals surface area contributed by atoms with Crippen molar-refractivity contribution >= 4 is 33.5 Å². The number of hydrogen-bond donors (Lipinski definition) is 1. The summed E-state index contributed by atoms with van der Waals surface area (Å²) in [6.45, 7) is 9.04. The molecule has 0 bridgehead atoms. The molecule has 0 unspecified atom stereocenters. The quantitative estimate of drug-likeness (QED) is 0.587. The van der Waals surface area contributed by atoms with Crippen LogP contribution in [0.1, 0.15) is 62.2 Å². The van der Waals surface area contributed by atoms with Crippen molar-refractivity contribution in [1.82, 2.24) is 0 Å². The Morgan fingerprint density at radius 1 is 1.27 bits per heavy atom. The van der Waals surface area contributed by atoms with E-state index in [1.807, 2.05) is 6.07 Å². The Morgan fingerprint density at radius 3 is 2.73 bits per heavy atom. The van der Waals surface area contributed by atoms with Gasteiger partial charge in [-0.2, -0.15) is 0 Å². The lowest BCUT2D eigenvalue weighted by molar-refractivity contribution is 0.0697. The summed E-state index contributed by atoms with van der Waals surface area (Å²) in [4.78, 5) is 12.3. The van der Waals surface area contributed by atoms with Gasteiger partial charge in [0.25, 0.3) is 0 Å². The molecule has 26 heavy (non-hydrogen) atoms. The Bertz CT molecular complexity index is 938. The number of fused-ring (bicyclic) bond motifs is 1. The van der Waals surface area contributed by atoms with Gasteiger partial charge < -0.3 is 5.11 Å². The average Bonchev–Trinajstić information content (AvgIpc) is 2.94. The van der Waals surface area contributed by atoms with Crippen LogP contribution in [0.3, 0.4) is 0 Å². The van der Waals surface area contributed by atoms with Gasteiger partial charge in [0.1, 0.15) is 0 Å². The first-order chi connectivity index (χ1) is 12.3. The summed E-state index contributed by atoms with van der Waals surface area (Å²) in [5.74, 6) is -0.879. The van der Waals surface area contributed by atoms with Crippen LogP contribution in [-0.4, -0.2) is 11.1 Å². The van der Waals surface area contributed by atoms with Crippen LogP contribution in [0.15, 0.2) is 53.1 Å². The molecular formula is C23H26O2S. The second-order valence-electron chi connectivity index (χ2n) is 7.86. The third-order valence-corrected chi connectivity index (χ3v) is 6.26.